The van der Waals surface area contributed by atoms with Crippen LogP contribution in [0.1, 0.15) is 12.5 Å². The van der Waals surface area contributed by atoms with Crippen molar-refractivity contribution in [2.24, 2.45) is 0 Å². The van der Waals surface area contributed by atoms with Crippen molar-refractivity contribution < 1.29 is 14.0 Å². The number of urea groups is 1. The van der Waals surface area contributed by atoms with Crippen LogP contribution in [0.4, 0.5) is 20.6 Å². The smallest absolute Gasteiger partial charge is 0.311 e. The molecule has 1 aliphatic heterocycles. The fourth-order valence-electron chi connectivity index (χ4n) is 2.89. The van der Waals surface area contributed by atoms with Gasteiger partial charge in [-0.3, -0.25) is 4.79 Å². The Hall–Kier alpha value is -2.89. The van der Waals surface area contributed by atoms with Gasteiger partial charge in [-0.1, -0.05) is 29.8 Å². The zero-order valence-corrected chi connectivity index (χ0v) is 14.2. The number of carbonyl (C=O) groups excluding carboxylic acids is 2. The molecule has 0 unspecified atom stereocenters. The van der Waals surface area contributed by atoms with Gasteiger partial charge in [0.05, 0.1) is 5.69 Å². The van der Waals surface area contributed by atoms with Gasteiger partial charge in [0.2, 0.25) is 5.91 Å². The molecule has 0 spiro atoms. The van der Waals surface area contributed by atoms with Gasteiger partial charge in [0.15, 0.2) is 0 Å². The highest BCUT2D eigenvalue weighted by molar-refractivity contribution is 6.01. The third-order valence-corrected chi connectivity index (χ3v) is 4.36. The second-order valence-electron chi connectivity index (χ2n) is 6.11. The quantitative estimate of drug-likeness (QED) is 0.910. The first-order valence-electron chi connectivity index (χ1n) is 8.17. The van der Waals surface area contributed by atoms with E-state index < -0.39 is 11.9 Å². The summed E-state index contributed by atoms with van der Waals surface area (Å²) in [5.41, 5.74) is 2.02. The number of hydrogen-bond acceptors (Lipinski definition) is 2. The number of amides is 3. The average Bonchev–Trinajstić information content (AvgIpc) is 2.60. The summed E-state index contributed by atoms with van der Waals surface area (Å²) in [4.78, 5) is 28.0. The highest BCUT2D eigenvalue weighted by Gasteiger charge is 2.35. The second kappa shape index (κ2) is 6.93. The summed E-state index contributed by atoms with van der Waals surface area (Å²) in [6, 6.07) is 12.6. The van der Waals surface area contributed by atoms with Gasteiger partial charge in [0, 0.05) is 18.8 Å². The number of piperazine rings is 1. The van der Waals surface area contributed by atoms with Gasteiger partial charge < -0.3 is 15.1 Å². The Morgan fingerprint density at radius 1 is 1.12 bits per heavy atom. The van der Waals surface area contributed by atoms with Crippen LogP contribution in [0.2, 0.25) is 0 Å². The van der Waals surface area contributed by atoms with Crippen LogP contribution >= 0.6 is 0 Å². The van der Waals surface area contributed by atoms with E-state index in [4.69, 9.17) is 0 Å². The molecule has 2 aromatic carbocycles. The van der Waals surface area contributed by atoms with Crippen molar-refractivity contribution in [1.82, 2.24) is 4.90 Å². The third kappa shape index (κ3) is 3.47. The normalized spacial score (nSPS) is 17.6. The number of halogens is 1. The Balaban J connectivity index is 1.72. The van der Waals surface area contributed by atoms with Crippen molar-refractivity contribution in [3.05, 3.63) is 59.9 Å². The average molecular weight is 341 g/mol. The molecule has 25 heavy (non-hydrogen) atoms. The Morgan fingerprint density at radius 3 is 2.48 bits per heavy atom. The number of nitrogens with one attached hydrogen (secondary N) is 1. The summed E-state index contributed by atoms with van der Waals surface area (Å²) in [5, 5.41) is 2.80. The van der Waals surface area contributed by atoms with Crippen molar-refractivity contribution in [1.29, 1.82) is 0 Å². The fourth-order valence-corrected chi connectivity index (χ4v) is 2.89. The number of benzene rings is 2. The number of carbonyl (C=O) groups is 2. The van der Waals surface area contributed by atoms with Crippen LogP contribution in [-0.2, 0) is 4.79 Å². The molecule has 0 aliphatic carbocycles. The number of aryl methyl sites for hydroxylation is 1. The molecule has 2 aromatic rings. The molecule has 0 aromatic heterocycles. The van der Waals surface area contributed by atoms with E-state index >= 15 is 0 Å². The number of rotatable bonds is 2. The summed E-state index contributed by atoms with van der Waals surface area (Å²) in [7, 11) is 0. The summed E-state index contributed by atoms with van der Waals surface area (Å²) in [6.45, 7) is 4.21. The lowest BCUT2D eigenvalue weighted by molar-refractivity contribution is -0.123. The molecule has 5 nitrogen and oxygen atoms in total. The molecule has 1 fully saturated rings. The topological polar surface area (TPSA) is 52.7 Å². The van der Waals surface area contributed by atoms with Gasteiger partial charge in [-0.25, -0.2) is 9.18 Å². The van der Waals surface area contributed by atoms with Crippen molar-refractivity contribution in [3.8, 4) is 0 Å². The zero-order valence-electron chi connectivity index (χ0n) is 14.2. The van der Waals surface area contributed by atoms with Crippen molar-refractivity contribution >= 4 is 23.3 Å². The van der Waals surface area contributed by atoms with E-state index in [1.807, 2.05) is 31.2 Å². The van der Waals surface area contributed by atoms with Crippen molar-refractivity contribution in [3.63, 3.8) is 0 Å². The Morgan fingerprint density at radius 2 is 1.80 bits per heavy atom. The van der Waals surface area contributed by atoms with Crippen LogP contribution in [0.5, 0.6) is 0 Å². The van der Waals surface area contributed by atoms with Gasteiger partial charge >= 0.3 is 6.03 Å². The first kappa shape index (κ1) is 17.0. The Bertz CT molecular complexity index is 792. The third-order valence-electron chi connectivity index (χ3n) is 4.36. The second-order valence-corrected chi connectivity index (χ2v) is 6.11. The van der Waals surface area contributed by atoms with E-state index in [0.717, 1.165) is 5.56 Å². The summed E-state index contributed by atoms with van der Waals surface area (Å²) in [5.74, 6) is -0.740. The molecule has 1 N–H and O–H groups in total. The molecule has 1 aliphatic rings. The number of para-hydroxylation sites is 1. The Labute approximate surface area is 146 Å². The molecule has 0 bridgehead atoms. The van der Waals surface area contributed by atoms with Crippen LogP contribution < -0.4 is 10.2 Å². The summed E-state index contributed by atoms with van der Waals surface area (Å²) >= 11 is 0. The highest BCUT2D eigenvalue weighted by atomic mass is 19.1. The molecule has 3 rings (SSSR count). The van der Waals surface area contributed by atoms with Gasteiger partial charge in [0.25, 0.3) is 0 Å². The van der Waals surface area contributed by atoms with Crippen molar-refractivity contribution in [2.75, 3.05) is 23.3 Å². The summed E-state index contributed by atoms with van der Waals surface area (Å²) in [6.07, 6.45) is 0. The first-order chi connectivity index (χ1) is 12.0. The van der Waals surface area contributed by atoms with Crippen LogP contribution in [0, 0.1) is 12.7 Å². The van der Waals surface area contributed by atoms with E-state index in [1.54, 1.807) is 25.1 Å². The van der Waals surface area contributed by atoms with Gasteiger partial charge in [-0.2, -0.15) is 0 Å². The first-order valence-corrected chi connectivity index (χ1v) is 8.17. The predicted octanol–water partition coefficient (Wildman–Crippen LogP) is 3.40. The highest BCUT2D eigenvalue weighted by Crippen LogP contribution is 2.23. The van der Waals surface area contributed by atoms with Gasteiger partial charge in [0.1, 0.15) is 11.9 Å². The largest absolute Gasteiger partial charge is 0.322 e. The number of anilines is 2. The molecule has 1 heterocycles. The maximum absolute atomic E-state index is 14.0. The Kier molecular flexibility index (Phi) is 4.70. The minimum Gasteiger partial charge on any atom is -0.311 e. The monoisotopic (exact) mass is 341 g/mol. The minimum atomic E-state index is -0.668. The lowest BCUT2D eigenvalue weighted by atomic mass is 10.1. The minimum absolute atomic E-state index is 0.248. The van der Waals surface area contributed by atoms with Crippen LogP contribution in [0.3, 0.4) is 0 Å². The van der Waals surface area contributed by atoms with Crippen LogP contribution in [0.25, 0.3) is 0 Å². The maximum Gasteiger partial charge on any atom is 0.322 e. The lowest BCUT2D eigenvalue weighted by Crippen LogP contribution is -2.58. The van der Waals surface area contributed by atoms with E-state index in [1.165, 1.54) is 15.9 Å². The molecular weight excluding hydrogens is 321 g/mol. The molecule has 130 valence electrons. The van der Waals surface area contributed by atoms with Crippen LogP contribution in [-0.4, -0.2) is 36.0 Å². The molecule has 6 heteroatoms. The standard InChI is InChI=1S/C19H20FN3O2/c1-13-7-9-15(10-8-13)21-19(25)22-11-12-23(18(24)14(22)2)17-6-4-3-5-16(17)20/h3-10,14H,11-12H2,1-2H3,(H,21,25)/t14-/m0/s1. The van der Waals surface area contributed by atoms with E-state index in [0.29, 0.717) is 12.2 Å². The SMILES string of the molecule is Cc1ccc(NC(=O)N2CCN(c3ccccc3F)C(=O)[C@@H]2C)cc1. The predicted molar refractivity (Wildman–Crippen MR) is 95.1 cm³/mol. The molecule has 0 saturated carbocycles. The molecular formula is C19H20FN3O2. The van der Waals surface area contributed by atoms with Crippen LogP contribution in [0.15, 0.2) is 48.5 Å². The molecule has 3 amide bonds. The van der Waals surface area contributed by atoms with Crippen molar-refractivity contribution in [2.45, 2.75) is 19.9 Å². The maximum atomic E-state index is 14.0. The van der Waals surface area contributed by atoms with E-state index in [-0.39, 0.29) is 24.2 Å². The number of hydrogen-bond donors (Lipinski definition) is 1. The van der Waals surface area contributed by atoms with Gasteiger partial charge in [-0.15, -0.1) is 0 Å². The molecule has 0 radical (unpaired) electrons. The zero-order chi connectivity index (χ0) is 18.0. The van der Waals surface area contributed by atoms with E-state index in [2.05, 4.69) is 5.32 Å². The van der Waals surface area contributed by atoms with E-state index in [9.17, 15) is 14.0 Å². The lowest BCUT2D eigenvalue weighted by Gasteiger charge is -2.39. The molecule has 1 saturated heterocycles. The van der Waals surface area contributed by atoms with Gasteiger partial charge in [-0.05, 0) is 38.1 Å². The fraction of sp³-hybridized carbons (Fsp3) is 0.263. The summed E-state index contributed by atoms with van der Waals surface area (Å²) < 4.78 is 14.0. The molecule has 1 atom stereocenters. The number of nitrogens with zero attached hydrogens (tertiary/aromatic N) is 2.